The number of nitrogens with zero attached hydrogens (tertiary/aromatic N) is 3. The number of sulfonamides is 1. The van der Waals surface area contributed by atoms with Crippen LogP contribution in [0.1, 0.15) is 61.3 Å². The van der Waals surface area contributed by atoms with E-state index in [1.165, 1.54) is 4.31 Å². The fraction of sp³-hybridized carbons (Fsp3) is 0.667. The van der Waals surface area contributed by atoms with Gasteiger partial charge >= 0.3 is 0 Å². The lowest BCUT2D eigenvalue weighted by Gasteiger charge is -2.26. The first-order valence-electron chi connectivity index (χ1n) is 10.8. The highest BCUT2D eigenvalue weighted by Gasteiger charge is 2.30. The first-order chi connectivity index (χ1) is 14.6. The average molecular weight is 451 g/mol. The standard InChI is InChI=1S/C21H30N4O5S/c1-21(2,3)13-17-18-15(12-16(14-4-5-14)23-20(18)30-24-17)19(26)22-6-11-31(27,28)25-7-9-29-10-8-25/h12,14H,4-11,13H2,1-3H3,(H,22,26). The highest BCUT2D eigenvalue weighted by atomic mass is 32.2. The van der Waals surface area contributed by atoms with Gasteiger partial charge in [-0.2, -0.15) is 4.31 Å². The number of nitrogens with one attached hydrogen (secondary N) is 1. The minimum absolute atomic E-state index is 0.0288. The molecule has 2 aliphatic rings. The third kappa shape index (κ3) is 5.24. The topological polar surface area (TPSA) is 115 Å². The lowest BCUT2D eigenvalue weighted by molar-refractivity contribution is 0.0730. The first kappa shape index (κ1) is 22.2. The van der Waals surface area contributed by atoms with Crippen LogP contribution in [0.2, 0.25) is 0 Å². The molecule has 31 heavy (non-hydrogen) atoms. The summed E-state index contributed by atoms with van der Waals surface area (Å²) in [6.45, 7) is 7.80. The molecule has 4 rings (SSSR count). The van der Waals surface area contributed by atoms with E-state index in [1.807, 2.05) is 6.07 Å². The van der Waals surface area contributed by atoms with Crippen molar-refractivity contribution < 1.29 is 22.5 Å². The van der Waals surface area contributed by atoms with Crippen LogP contribution in [0.15, 0.2) is 10.6 Å². The van der Waals surface area contributed by atoms with Crippen molar-refractivity contribution in [1.29, 1.82) is 0 Å². The number of amides is 1. The van der Waals surface area contributed by atoms with E-state index < -0.39 is 10.0 Å². The maximum atomic E-state index is 13.1. The van der Waals surface area contributed by atoms with Crippen molar-refractivity contribution in [3.05, 3.63) is 23.0 Å². The monoisotopic (exact) mass is 450 g/mol. The minimum atomic E-state index is -3.44. The molecule has 0 unspecified atom stereocenters. The molecule has 1 aliphatic heterocycles. The van der Waals surface area contributed by atoms with Crippen molar-refractivity contribution in [2.45, 2.75) is 46.0 Å². The Morgan fingerprint density at radius 1 is 1.26 bits per heavy atom. The Morgan fingerprint density at radius 3 is 2.61 bits per heavy atom. The maximum absolute atomic E-state index is 13.1. The second-order valence-electron chi connectivity index (χ2n) is 9.50. The van der Waals surface area contributed by atoms with Crippen molar-refractivity contribution in [1.82, 2.24) is 19.8 Å². The second kappa shape index (κ2) is 8.48. The summed E-state index contributed by atoms with van der Waals surface area (Å²) < 4.78 is 37.2. The molecule has 0 spiro atoms. The highest BCUT2D eigenvalue weighted by molar-refractivity contribution is 7.89. The number of pyridine rings is 1. The molecule has 1 saturated carbocycles. The number of morpholine rings is 1. The van der Waals surface area contributed by atoms with Crippen LogP contribution >= 0.6 is 0 Å². The smallest absolute Gasteiger partial charge is 0.259 e. The van der Waals surface area contributed by atoms with Crippen LogP contribution in [-0.4, -0.2) is 67.4 Å². The number of rotatable bonds is 7. The summed E-state index contributed by atoms with van der Waals surface area (Å²) in [6, 6.07) is 1.81. The molecule has 9 nitrogen and oxygen atoms in total. The predicted octanol–water partition coefficient (Wildman–Crippen LogP) is 2.08. The van der Waals surface area contributed by atoms with E-state index >= 15 is 0 Å². The molecule has 1 amide bonds. The van der Waals surface area contributed by atoms with Gasteiger partial charge in [-0.25, -0.2) is 13.4 Å². The van der Waals surface area contributed by atoms with E-state index in [1.54, 1.807) is 0 Å². The summed E-state index contributed by atoms with van der Waals surface area (Å²) in [5.41, 5.74) is 2.31. The number of fused-ring (bicyclic) bond motifs is 1. The molecule has 0 bridgehead atoms. The van der Waals surface area contributed by atoms with Gasteiger partial charge in [-0.05, 0) is 30.7 Å². The predicted molar refractivity (Wildman–Crippen MR) is 115 cm³/mol. The van der Waals surface area contributed by atoms with Crippen LogP contribution in [0, 0.1) is 5.41 Å². The third-order valence-corrected chi connectivity index (χ3v) is 7.36. The van der Waals surface area contributed by atoms with Crippen molar-refractivity contribution in [2.75, 3.05) is 38.6 Å². The molecule has 1 N–H and O–H groups in total. The zero-order valence-electron chi connectivity index (χ0n) is 18.3. The summed E-state index contributed by atoms with van der Waals surface area (Å²) in [5, 5.41) is 7.59. The number of hydrogen-bond donors (Lipinski definition) is 1. The van der Waals surface area contributed by atoms with Crippen LogP contribution in [-0.2, 0) is 21.2 Å². The zero-order chi connectivity index (χ0) is 22.2. The average Bonchev–Trinajstić information content (AvgIpc) is 3.49. The molecule has 0 aromatic carbocycles. The number of carbonyl (C=O) groups is 1. The van der Waals surface area contributed by atoms with Crippen molar-refractivity contribution >= 4 is 27.0 Å². The van der Waals surface area contributed by atoms with E-state index in [0.29, 0.717) is 61.0 Å². The molecule has 2 aromatic heterocycles. The SMILES string of the molecule is CC(C)(C)Cc1noc2nc(C3CC3)cc(C(=O)NCCS(=O)(=O)N3CCOCC3)c12. The Hall–Kier alpha value is -2.04. The Morgan fingerprint density at radius 2 is 1.97 bits per heavy atom. The Bertz CT molecular complexity index is 1060. The van der Waals surface area contributed by atoms with E-state index in [9.17, 15) is 13.2 Å². The summed E-state index contributed by atoms with van der Waals surface area (Å²) in [4.78, 5) is 17.7. The molecule has 3 heterocycles. The van der Waals surface area contributed by atoms with Crippen LogP contribution in [0.3, 0.4) is 0 Å². The quantitative estimate of drug-likeness (QED) is 0.687. The number of hydrogen-bond acceptors (Lipinski definition) is 7. The molecule has 10 heteroatoms. The lowest BCUT2D eigenvalue weighted by atomic mass is 9.89. The molecule has 1 aliphatic carbocycles. The molecule has 1 saturated heterocycles. The van der Waals surface area contributed by atoms with Crippen molar-refractivity contribution in [2.24, 2.45) is 5.41 Å². The third-order valence-electron chi connectivity index (χ3n) is 5.48. The van der Waals surface area contributed by atoms with Gasteiger partial charge in [-0.1, -0.05) is 25.9 Å². The van der Waals surface area contributed by atoms with Gasteiger partial charge < -0.3 is 14.6 Å². The van der Waals surface area contributed by atoms with Gasteiger partial charge in [0.1, 0.15) is 0 Å². The Labute approximate surface area is 182 Å². The molecule has 170 valence electrons. The normalized spacial score (nSPS) is 18.4. The molecule has 0 radical (unpaired) electrons. The highest BCUT2D eigenvalue weighted by Crippen LogP contribution is 2.40. The zero-order valence-corrected chi connectivity index (χ0v) is 19.1. The van der Waals surface area contributed by atoms with E-state index in [4.69, 9.17) is 9.26 Å². The summed E-state index contributed by atoms with van der Waals surface area (Å²) in [7, 11) is -3.44. The number of carbonyl (C=O) groups excluding carboxylic acids is 1. The largest absolute Gasteiger partial charge is 0.379 e. The van der Waals surface area contributed by atoms with Gasteiger partial charge in [0.05, 0.1) is 35.6 Å². The molecule has 2 aromatic rings. The van der Waals surface area contributed by atoms with Gasteiger partial charge in [-0.3, -0.25) is 4.79 Å². The summed E-state index contributed by atoms with van der Waals surface area (Å²) >= 11 is 0. The first-order valence-corrected chi connectivity index (χ1v) is 12.4. The van der Waals surface area contributed by atoms with Crippen LogP contribution in [0.5, 0.6) is 0 Å². The van der Waals surface area contributed by atoms with Gasteiger partial charge in [0.15, 0.2) is 0 Å². The Kier molecular flexibility index (Phi) is 6.06. The maximum Gasteiger partial charge on any atom is 0.259 e. The van der Waals surface area contributed by atoms with E-state index in [0.717, 1.165) is 18.5 Å². The van der Waals surface area contributed by atoms with Crippen molar-refractivity contribution in [3.63, 3.8) is 0 Å². The van der Waals surface area contributed by atoms with Gasteiger partial charge in [0.25, 0.3) is 11.6 Å². The second-order valence-corrected chi connectivity index (χ2v) is 11.6. The number of aromatic nitrogens is 2. The van der Waals surface area contributed by atoms with Gasteiger partial charge in [-0.15, -0.1) is 0 Å². The van der Waals surface area contributed by atoms with Crippen LogP contribution < -0.4 is 5.32 Å². The number of ether oxygens (including phenoxy) is 1. The molecule has 2 fully saturated rings. The van der Waals surface area contributed by atoms with Crippen LogP contribution in [0.4, 0.5) is 0 Å². The summed E-state index contributed by atoms with van der Waals surface area (Å²) in [5.74, 6) is -0.139. The summed E-state index contributed by atoms with van der Waals surface area (Å²) in [6.07, 6.45) is 2.72. The molecular weight excluding hydrogens is 420 g/mol. The van der Waals surface area contributed by atoms with Crippen molar-refractivity contribution in [3.8, 4) is 0 Å². The van der Waals surface area contributed by atoms with Gasteiger partial charge in [0.2, 0.25) is 10.0 Å². The minimum Gasteiger partial charge on any atom is -0.379 e. The molecule has 0 atom stereocenters. The fourth-order valence-electron chi connectivity index (χ4n) is 3.76. The fourth-order valence-corrected chi connectivity index (χ4v) is 5.09. The van der Waals surface area contributed by atoms with E-state index in [2.05, 4.69) is 36.2 Å². The molecular formula is C21H30N4O5S. The Balaban J connectivity index is 1.54. The van der Waals surface area contributed by atoms with E-state index in [-0.39, 0.29) is 23.6 Å². The van der Waals surface area contributed by atoms with Crippen LogP contribution in [0.25, 0.3) is 11.1 Å². The van der Waals surface area contributed by atoms with Gasteiger partial charge in [0, 0.05) is 31.2 Å². The lowest BCUT2D eigenvalue weighted by Crippen LogP contribution is -2.43.